The summed E-state index contributed by atoms with van der Waals surface area (Å²) in [6.45, 7) is 3.52. The first-order chi connectivity index (χ1) is 16.0. The van der Waals surface area contributed by atoms with E-state index >= 15 is 0 Å². The van der Waals surface area contributed by atoms with Gasteiger partial charge in [-0.2, -0.15) is 13.2 Å². The van der Waals surface area contributed by atoms with E-state index in [1.807, 2.05) is 49.5 Å². The highest BCUT2D eigenvalue weighted by molar-refractivity contribution is 6.32. The van der Waals surface area contributed by atoms with Gasteiger partial charge in [-0.15, -0.1) is 0 Å². The average Bonchev–Trinajstić information content (AvgIpc) is 3.20. The molecule has 0 atom stereocenters. The van der Waals surface area contributed by atoms with Gasteiger partial charge in [-0.3, -0.25) is 9.78 Å². The smallest absolute Gasteiger partial charge is 0.475 e. The van der Waals surface area contributed by atoms with Gasteiger partial charge in [0.25, 0.3) is 5.91 Å². The summed E-state index contributed by atoms with van der Waals surface area (Å²) in [5.41, 5.74) is 2.45. The number of carboxylic acids is 1. The third kappa shape index (κ3) is 6.05. The van der Waals surface area contributed by atoms with Crippen LogP contribution in [0.3, 0.4) is 0 Å². The molecule has 182 valence electrons. The molecule has 0 saturated carbocycles. The summed E-state index contributed by atoms with van der Waals surface area (Å²) in [6, 6.07) is 5.71. The number of aliphatic carboxylic acids is 1. The van der Waals surface area contributed by atoms with Crippen molar-refractivity contribution in [1.29, 1.82) is 0 Å². The monoisotopic (exact) mass is 496 g/mol. The molecule has 2 aromatic heterocycles. The Hall–Kier alpha value is -3.14. The number of piperidine rings is 1. The average molecular weight is 497 g/mol. The van der Waals surface area contributed by atoms with Crippen molar-refractivity contribution in [2.45, 2.75) is 32.4 Å². The summed E-state index contributed by atoms with van der Waals surface area (Å²) < 4.78 is 33.8. The Bertz CT molecular complexity index is 1190. The van der Waals surface area contributed by atoms with Gasteiger partial charge in [0.05, 0.1) is 11.1 Å². The van der Waals surface area contributed by atoms with Gasteiger partial charge in [-0.1, -0.05) is 17.7 Å². The van der Waals surface area contributed by atoms with E-state index in [9.17, 15) is 18.0 Å². The predicted molar refractivity (Wildman–Crippen MR) is 121 cm³/mol. The third-order valence-corrected chi connectivity index (χ3v) is 6.23. The van der Waals surface area contributed by atoms with Crippen LogP contribution in [0.1, 0.15) is 34.6 Å². The highest BCUT2D eigenvalue weighted by Crippen LogP contribution is 2.26. The lowest BCUT2D eigenvalue weighted by Crippen LogP contribution is -2.39. The molecule has 1 amide bonds. The van der Waals surface area contributed by atoms with Crippen molar-refractivity contribution in [2.24, 2.45) is 13.0 Å². The second-order valence-electron chi connectivity index (χ2n) is 8.17. The van der Waals surface area contributed by atoms with Crippen LogP contribution >= 0.6 is 11.6 Å². The number of fused-ring (bicyclic) bond motifs is 1. The van der Waals surface area contributed by atoms with E-state index in [4.69, 9.17) is 21.5 Å². The number of amides is 1. The molecule has 1 aliphatic rings. The van der Waals surface area contributed by atoms with E-state index in [0.717, 1.165) is 54.6 Å². The second kappa shape index (κ2) is 10.4. The Labute approximate surface area is 199 Å². The summed E-state index contributed by atoms with van der Waals surface area (Å²) in [5.74, 6) is -0.998. The molecule has 3 heterocycles. The predicted octanol–water partition coefficient (Wildman–Crippen LogP) is 4.66. The molecule has 11 heteroatoms. The van der Waals surface area contributed by atoms with Crippen LogP contribution in [0.25, 0.3) is 10.9 Å². The number of imidazole rings is 1. The number of rotatable bonds is 3. The quantitative estimate of drug-likeness (QED) is 0.570. The van der Waals surface area contributed by atoms with Crippen molar-refractivity contribution in [3.63, 3.8) is 0 Å². The van der Waals surface area contributed by atoms with Gasteiger partial charge in [-0.25, -0.2) is 9.78 Å². The third-order valence-electron chi connectivity index (χ3n) is 5.82. The van der Waals surface area contributed by atoms with E-state index < -0.39 is 12.1 Å². The molecule has 34 heavy (non-hydrogen) atoms. The standard InChI is InChI=1S/C21H23ClN4O.C2HF3O2/c1-14-18(22)4-3-16-12-17(13-24-20(14)16)21(27)26-8-5-15(6-9-26)11-19-23-7-10-25(19)2;3-2(4,5)1(6)7/h3-4,7,10,12-13,15H,5-6,8-9,11H2,1-2H3;(H,6,7). The molecule has 1 aliphatic heterocycles. The van der Waals surface area contributed by atoms with E-state index in [-0.39, 0.29) is 5.91 Å². The molecular formula is C23H24ClF3N4O3. The topological polar surface area (TPSA) is 88.3 Å². The van der Waals surface area contributed by atoms with Crippen LogP contribution in [0.2, 0.25) is 5.02 Å². The molecule has 1 aromatic carbocycles. The molecule has 1 fully saturated rings. The van der Waals surface area contributed by atoms with Crippen molar-refractivity contribution < 1.29 is 27.9 Å². The van der Waals surface area contributed by atoms with Crippen LogP contribution in [0.15, 0.2) is 36.8 Å². The number of likely N-dealkylation sites (tertiary alicyclic amines) is 1. The summed E-state index contributed by atoms with van der Waals surface area (Å²) in [7, 11) is 2.03. The number of hydrogen-bond donors (Lipinski definition) is 1. The molecule has 3 aromatic rings. The number of benzene rings is 1. The highest BCUT2D eigenvalue weighted by atomic mass is 35.5. The van der Waals surface area contributed by atoms with Gasteiger partial charge < -0.3 is 14.6 Å². The molecule has 0 bridgehead atoms. The fraction of sp³-hybridized carbons (Fsp3) is 0.391. The van der Waals surface area contributed by atoms with E-state index in [1.54, 1.807) is 6.20 Å². The molecule has 0 unspecified atom stereocenters. The van der Waals surface area contributed by atoms with Crippen molar-refractivity contribution in [1.82, 2.24) is 19.4 Å². The number of pyridine rings is 1. The van der Waals surface area contributed by atoms with Gasteiger partial charge in [-0.05, 0) is 43.4 Å². The van der Waals surface area contributed by atoms with Crippen LogP contribution in [0.5, 0.6) is 0 Å². The number of aryl methyl sites for hydroxylation is 2. The Morgan fingerprint density at radius 2 is 1.85 bits per heavy atom. The maximum absolute atomic E-state index is 12.9. The first-order valence-corrected chi connectivity index (χ1v) is 11.0. The van der Waals surface area contributed by atoms with Crippen molar-refractivity contribution in [3.05, 3.63) is 58.8 Å². The summed E-state index contributed by atoms with van der Waals surface area (Å²) >= 11 is 6.16. The van der Waals surface area contributed by atoms with Crippen LogP contribution in [-0.4, -0.2) is 55.7 Å². The molecule has 7 nitrogen and oxygen atoms in total. The minimum absolute atomic E-state index is 0.0624. The van der Waals surface area contributed by atoms with Crippen molar-refractivity contribution in [3.8, 4) is 0 Å². The molecular weight excluding hydrogens is 473 g/mol. The fourth-order valence-electron chi connectivity index (χ4n) is 3.81. The number of aromatic nitrogens is 3. The minimum atomic E-state index is -5.08. The van der Waals surface area contributed by atoms with Gasteiger partial charge in [0.1, 0.15) is 5.82 Å². The van der Waals surface area contributed by atoms with Crippen LogP contribution in [0.4, 0.5) is 13.2 Å². The first kappa shape index (κ1) is 25.5. The van der Waals surface area contributed by atoms with E-state index in [2.05, 4.69) is 14.5 Å². The number of nitrogens with zero attached hydrogens (tertiary/aromatic N) is 4. The molecule has 4 rings (SSSR count). The van der Waals surface area contributed by atoms with Crippen molar-refractivity contribution in [2.75, 3.05) is 13.1 Å². The maximum Gasteiger partial charge on any atom is 0.490 e. The Morgan fingerprint density at radius 3 is 2.41 bits per heavy atom. The Balaban J connectivity index is 0.000000406. The largest absolute Gasteiger partial charge is 0.490 e. The number of carbonyl (C=O) groups is 2. The van der Waals surface area contributed by atoms with E-state index in [1.165, 1.54) is 0 Å². The summed E-state index contributed by atoms with van der Waals surface area (Å²) in [5, 5.41) is 8.77. The SMILES string of the molecule is Cc1c(Cl)ccc2cc(C(=O)N3CCC(Cc4nccn4C)CC3)cnc12.O=C(O)C(F)(F)F. The van der Waals surface area contributed by atoms with Gasteiger partial charge in [0.2, 0.25) is 0 Å². The number of halogens is 4. The van der Waals surface area contributed by atoms with Gasteiger partial charge in [0, 0.05) is 55.6 Å². The zero-order valence-electron chi connectivity index (χ0n) is 18.6. The molecule has 0 spiro atoms. The normalized spacial score (nSPS) is 14.6. The fourth-order valence-corrected chi connectivity index (χ4v) is 3.97. The molecule has 1 saturated heterocycles. The molecule has 0 radical (unpaired) electrons. The Kier molecular flexibility index (Phi) is 7.81. The zero-order valence-corrected chi connectivity index (χ0v) is 19.4. The van der Waals surface area contributed by atoms with Crippen LogP contribution in [-0.2, 0) is 18.3 Å². The van der Waals surface area contributed by atoms with E-state index in [0.29, 0.717) is 16.5 Å². The second-order valence-corrected chi connectivity index (χ2v) is 8.57. The highest BCUT2D eigenvalue weighted by Gasteiger charge is 2.38. The first-order valence-electron chi connectivity index (χ1n) is 10.6. The van der Waals surface area contributed by atoms with Gasteiger partial charge in [0.15, 0.2) is 0 Å². The molecule has 0 aliphatic carbocycles. The minimum Gasteiger partial charge on any atom is -0.475 e. The lowest BCUT2D eigenvalue weighted by molar-refractivity contribution is -0.192. The zero-order chi connectivity index (χ0) is 25.0. The maximum atomic E-state index is 12.9. The molecule has 1 N–H and O–H groups in total. The lowest BCUT2D eigenvalue weighted by atomic mass is 9.93. The lowest BCUT2D eigenvalue weighted by Gasteiger charge is -2.32. The number of carboxylic acid groups (broad SMARTS) is 1. The van der Waals surface area contributed by atoms with Gasteiger partial charge >= 0.3 is 12.1 Å². The Morgan fingerprint density at radius 1 is 1.21 bits per heavy atom. The van der Waals surface area contributed by atoms with Crippen molar-refractivity contribution >= 4 is 34.4 Å². The van der Waals surface area contributed by atoms with Crippen LogP contribution < -0.4 is 0 Å². The number of alkyl halides is 3. The number of carbonyl (C=O) groups excluding carboxylic acids is 1. The summed E-state index contributed by atoms with van der Waals surface area (Å²) in [4.78, 5) is 32.7. The number of hydrogen-bond acceptors (Lipinski definition) is 4. The van der Waals surface area contributed by atoms with Crippen LogP contribution in [0, 0.1) is 12.8 Å². The summed E-state index contributed by atoms with van der Waals surface area (Å²) in [6.07, 6.45) is 3.41.